The molecular weight excluding hydrogens is 222 g/mol. The Kier molecular flexibility index (Phi) is 6.57. The van der Waals surface area contributed by atoms with Crippen molar-refractivity contribution in [3.8, 4) is 0 Å². The fourth-order valence-corrected chi connectivity index (χ4v) is 1.51. The number of carbonyl (C=O) groups is 2. The summed E-state index contributed by atoms with van der Waals surface area (Å²) < 4.78 is 5.30. The second kappa shape index (κ2) is 8.03. The minimum atomic E-state index is -0.315. The summed E-state index contributed by atoms with van der Waals surface area (Å²) in [5.41, 5.74) is 0. The first-order chi connectivity index (χ1) is 8.24. The zero-order valence-corrected chi connectivity index (χ0v) is 10.3. The zero-order chi connectivity index (χ0) is 12.5. The van der Waals surface area contributed by atoms with Crippen molar-refractivity contribution in [1.82, 2.24) is 16.0 Å². The van der Waals surface area contributed by atoms with Gasteiger partial charge in [-0.1, -0.05) is 6.92 Å². The first-order valence-corrected chi connectivity index (χ1v) is 6.09. The van der Waals surface area contributed by atoms with Crippen molar-refractivity contribution in [2.24, 2.45) is 0 Å². The predicted octanol–water partition coefficient (Wildman–Crippen LogP) is -0.993. The van der Waals surface area contributed by atoms with E-state index in [0.29, 0.717) is 19.7 Å². The molecule has 1 unspecified atom stereocenters. The highest BCUT2D eigenvalue weighted by atomic mass is 16.5. The summed E-state index contributed by atoms with van der Waals surface area (Å²) in [6.07, 6.45) is 1.82. The minimum absolute atomic E-state index is 0.0676. The molecule has 0 aromatic carbocycles. The normalized spacial score (nSPS) is 19.8. The van der Waals surface area contributed by atoms with Crippen molar-refractivity contribution in [3.05, 3.63) is 0 Å². The van der Waals surface area contributed by atoms with Gasteiger partial charge in [0, 0.05) is 26.3 Å². The largest absolute Gasteiger partial charge is 0.381 e. The molecule has 0 aromatic rings. The summed E-state index contributed by atoms with van der Waals surface area (Å²) in [5, 5.41) is 8.33. The molecule has 1 atom stereocenters. The molecule has 17 heavy (non-hydrogen) atoms. The average molecular weight is 243 g/mol. The van der Waals surface area contributed by atoms with E-state index in [1.165, 1.54) is 0 Å². The molecule has 1 rings (SSSR count). The van der Waals surface area contributed by atoms with Crippen molar-refractivity contribution in [1.29, 1.82) is 0 Å². The van der Waals surface area contributed by atoms with Crippen LogP contribution in [0.4, 0.5) is 0 Å². The molecule has 6 nitrogen and oxygen atoms in total. The Hall–Kier alpha value is -1.14. The Morgan fingerprint density at radius 1 is 1.53 bits per heavy atom. The van der Waals surface area contributed by atoms with E-state index in [1.807, 2.05) is 0 Å². The van der Waals surface area contributed by atoms with Gasteiger partial charge in [0.25, 0.3) is 0 Å². The maximum Gasteiger partial charge on any atom is 0.238 e. The molecular formula is C11H21N3O3. The van der Waals surface area contributed by atoms with Crippen LogP contribution >= 0.6 is 0 Å². The van der Waals surface area contributed by atoms with Crippen LogP contribution in [0.15, 0.2) is 0 Å². The van der Waals surface area contributed by atoms with Gasteiger partial charge in [-0.05, 0) is 12.8 Å². The Bertz CT molecular complexity index is 248. The maximum absolute atomic E-state index is 11.6. The van der Waals surface area contributed by atoms with Crippen molar-refractivity contribution >= 4 is 11.8 Å². The second-order valence-electron chi connectivity index (χ2n) is 3.99. The summed E-state index contributed by atoms with van der Waals surface area (Å²) in [6.45, 7) is 4.67. The third-order valence-corrected chi connectivity index (χ3v) is 2.44. The number of nitrogens with one attached hydrogen (secondary N) is 3. The quantitative estimate of drug-likeness (QED) is 0.502. The van der Waals surface area contributed by atoms with Crippen LogP contribution in [0.2, 0.25) is 0 Å². The number of hydrogen-bond acceptors (Lipinski definition) is 4. The van der Waals surface area contributed by atoms with Gasteiger partial charge in [0.05, 0.1) is 6.54 Å². The fraction of sp³-hybridized carbons (Fsp3) is 0.818. The Morgan fingerprint density at radius 2 is 2.35 bits per heavy atom. The SMILES string of the molecule is CCCOCCCNC(=O)C1CNC(=O)CN1. The van der Waals surface area contributed by atoms with Crippen molar-refractivity contribution < 1.29 is 14.3 Å². The van der Waals surface area contributed by atoms with Crippen LogP contribution < -0.4 is 16.0 Å². The number of piperazine rings is 1. The summed E-state index contributed by atoms with van der Waals surface area (Å²) in [4.78, 5) is 22.5. The Morgan fingerprint density at radius 3 is 3.00 bits per heavy atom. The highest BCUT2D eigenvalue weighted by Crippen LogP contribution is 1.89. The topological polar surface area (TPSA) is 79.5 Å². The third-order valence-electron chi connectivity index (χ3n) is 2.44. The monoisotopic (exact) mass is 243 g/mol. The van der Waals surface area contributed by atoms with Gasteiger partial charge in [0.15, 0.2) is 0 Å². The number of hydrogen-bond donors (Lipinski definition) is 3. The molecule has 6 heteroatoms. The van der Waals surface area contributed by atoms with Gasteiger partial charge in [-0.3, -0.25) is 14.9 Å². The van der Waals surface area contributed by atoms with E-state index >= 15 is 0 Å². The molecule has 3 N–H and O–H groups in total. The van der Waals surface area contributed by atoms with Crippen molar-refractivity contribution in [2.45, 2.75) is 25.8 Å². The van der Waals surface area contributed by atoms with Crippen LogP contribution in [0.1, 0.15) is 19.8 Å². The highest BCUT2D eigenvalue weighted by molar-refractivity contribution is 5.86. The molecule has 1 fully saturated rings. The van der Waals surface area contributed by atoms with Crippen LogP contribution in [-0.2, 0) is 14.3 Å². The number of carbonyl (C=O) groups excluding carboxylic acids is 2. The molecule has 98 valence electrons. The van der Waals surface area contributed by atoms with Crippen molar-refractivity contribution in [3.63, 3.8) is 0 Å². The predicted molar refractivity (Wildman–Crippen MR) is 63.5 cm³/mol. The third kappa shape index (κ3) is 5.65. The number of ether oxygens (including phenoxy) is 1. The van der Waals surface area contributed by atoms with Crippen LogP contribution in [-0.4, -0.2) is 50.7 Å². The summed E-state index contributed by atoms with van der Waals surface area (Å²) in [6, 6.07) is -0.315. The lowest BCUT2D eigenvalue weighted by Crippen LogP contribution is -2.58. The van der Waals surface area contributed by atoms with Gasteiger partial charge < -0.3 is 15.4 Å². The number of amides is 2. The van der Waals surface area contributed by atoms with Gasteiger partial charge in [-0.15, -0.1) is 0 Å². The standard InChI is InChI=1S/C11H21N3O3/c1-2-5-17-6-3-4-12-11(16)9-7-14-10(15)8-13-9/h9,13H,2-8H2,1H3,(H,12,16)(H,14,15). The Labute approximate surface area is 101 Å². The van der Waals surface area contributed by atoms with E-state index in [-0.39, 0.29) is 24.4 Å². The van der Waals surface area contributed by atoms with Crippen molar-refractivity contribution in [2.75, 3.05) is 32.8 Å². The molecule has 0 radical (unpaired) electrons. The summed E-state index contributed by atoms with van der Waals surface area (Å²) >= 11 is 0. The zero-order valence-electron chi connectivity index (χ0n) is 10.3. The molecule has 2 amide bonds. The Balaban J connectivity index is 2.03. The lowest BCUT2D eigenvalue weighted by Gasteiger charge is -2.23. The van der Waals surface area contributed by atoms with Gasteiger partial charge in [0.2, 0.25) is 11.8 Å². The lowest BCUT2D eigenvalue weighted by atomic mass is 10.2. The maximum atomic E-state index is 11.6. The van der Waals surface area contributed by atoms with E-state index < -0.39 is 0 Å². The van der Waals surface area contributed by atoms with Crippen LogP contribution in [0.25, 0.3) is 0 Å². The molecule has 1 heterocycles. The molecule has 0 aliphatic carbocycles. The van der Waals surface area contributed by atoms with E-state index in [2.05, 4.69) is 22.9 Å². The highest BCUT2D eigenvalue weighted by Gasteiger charge is 2.22. The van der Waals surface area contributed by atoms with E-state index in [0.717, 1.165) is 19.4 Å². The summed E-state index contributed by atoms with van der Waals surface area (Å²) in [7, 11) is 0. The molecule has 1 aliphatic heterocycles. The van der Waals surface area contributed by atoms with Gasteiger partial charge in [0.1, 0.15) is 6.04 Å². The first kappa shape index (κ1) is 13.9. The average Bonchev–Trinajstić information content (AvgIpc) is 2.34. The van der Waals surface area contributed by atoms with Gasteiger partial charge >= 0.3 is 0 Å². The molecule has 0 aromatic heterocycles. The summed E-state index contributed by atoms with van der Waals surface area (Å²) in [5.74, 6) is -0.137. The minimum Gasteiger partial charge on any atom is -0.381 e. The number of rotatable bonds is 7. The molecule has 1 saturated heterocycles. The molecule has 1 aliphatic rings. The van der Waals surface area contributed by atoms with Crippen LogP contribution in [0, 0.1) is 0 Å². The van der Waals surface area contributed by atoms with Crippen LogP contribution in [0.3, 0.4) is 0 Å². The van der Waals surface area contributed by atoms with E-state index in [1.54, 1.807) is 0 Å². The lowest BCUT2D eigenvalue weighted by molar-refractivity contribution is -0.126. The first-order valence-electron chi connectivity index (χ1n) is 6.09. The molecule has 0 bridgehead atoms. The molecule has 0 spiro atoms. The van der Waals surface area contributed by atoms with E-state index in [4.69, 9.17) is 4.74 Å². The van der Waals surface area contributed by atoms with Crippen LogP contribution in [0.5, 0.6) is 0 Å². The van der Waals surface area contributed by atoms with Gasteiger partial charge in [-0.25, -0.2) is 0 Å². The second-order valence-corrected chi connectivity index (χ2v) is 3.99. The van der Waals surface area contributed by atoms with Gasteiger partial charge in [-0.2, -0.15) is 0 Å². The fourth-order valence-electron chi connectivity index (χ4n) is 1.51. The smallest absolute Gasteiger partial charge is 0.238 e. The molecule has 0 saturated carbocycles. The van der Waals surface area contributed by atoms with E-state index in [9.17, 15) is 9.59 Å².